The summed E-state index contributed by atoms with van der Waals surface area (Å²) in [7, 11) is 0. The van der Waals surface area contributed by atoms with Crippen molar-refractivity contribution >= 4 is 5.97 Å². The normalized spacial score (nSPS) is 24.5. The largest absolute Gasteiger partial charge is 0.477 e. The van der Waals surface area contributed by atoms with E-state index in [1.165, 1.54) is 18.9 Å². The number of carboxylic acid groups (broad SMARTS) is 1. The van der Waals surface area contributed by atoms with Gasteiger partial charge in [0.15, 0.2) is 0 Å². The number of carboxylic acids is 1. The predicted molar refractivity (Wildman–Crippen MR) is 64.4 cm³/mol. The Labute approximate surface area is 99.7 Å². The molecule has 0 amide bonds. The summed E-state index contributed by atoms with van der Waals surface area (Å²) in [6.45, 7) is 2.24. The van der Waals surface area contributed by atoms with E-state index in [-0.39, 0.29) is 5.56 Å². The molecule has 0 saturated heterocycles. The molecule has 0 unspecified atom stereocenters. The number of pyridine rings is 1. The number of H-pyrrole nitrogens is 1. The summed E-state index contributed by atoms with van der Waals surface area (Å²) in [6.07, 6.45) is 4.49. The van der Waals surface area contributed by atoms with Gasteiger partial charge in [-0.25, -0.2) is 4.79 Å². The molecule has 0 radical (unpaired) electrons. The van der Waals surface area contributed by atoms with E-state index in [9.17, 15) is 9.59 Å². The third-order valence-corrected chi connectivity index (χ3v) is 3.62. The number of aromatic carboxylic acids is 1. The van der Waals surface area contributed by atoms with E-state index in [1.54, 1.807) is 6.07 Å². The van der Waals surface area contributed by atoms with E-state index in [0.29, 0.717) is 5.92 Å². The maximum absolute atomic E-state index is 11.6. The predicted octanol–water partition coefficient (Wildman–Crippen LogP) is 2.37. The molecule has 1 heterocycles. The van der Waals surface area contributed by atoms with Crippen molar-refractivity contribution in [2.24, 2.45) is 5.92 Å². The molecule has 17 heavy (non-hydrogen) atoms. The number of rotatable bonds is 2. The summed E-state index contributed by atoms with van der Waals surface area (Å²) < 4.78 is 0. The standard InChI is InChI=1S/C13H17NO3/c1-8-2-4-9(5-3-8)11-7-6-10(13(16)17)12(15)14-11/h6-9H,2-5H2,1H3,(H,14,15)(H,16,17). The summed E-state index contributed by atoms with van der Waals surface area (Å²) >= 11 is 0. The summed E-state index contributed by atoms with van der Waals surface area (Å²) in [5.74, 6) is -0.0342. The summed E-state index contributed by atoms with van der Waals surface area (Å²) in [5.41, 5.74) is 0.207. The van der Waals surface area contributed by atoms with Gasteiger partial charge in [0.1, 0.15) is 5.56 Å². The molecule has 1 aromatic heterocycles. The van der Waals surface area contributed by atoms with Crippen LogP contribution in [0.25, 0.3) is 0 Å². The van der Waals surface area contributed by atoms with Crippen LogP contribution in [0, 0.1) is 5.92 Å². The second kappa shape index (κ2) is 4.73. The van der Waals surface area contributed by atoms with Gasteiger partial charge in [-0.3, -0.25) is 4.79 Å². The van der Waals surface area contributed by atoms with E-state index in [4.69, 9.17) is 5.11 Å². The van der Waals surface area contributed by atoms with E-state index in [1.807, 2.05) is 0 Å². The molecule has 4 nitrogen and oxygen atoms in total. The Kier molecular flexibility index (Phi) is 3.31. The molecule has 1 saturated carbocycles. The van der Waals surface area contributed by atoms with E-state index in [0.717, 1.165) is 24.5 Å². The monoisotopic (exact) mass is 235 g/mol. The minimum Gasteiger partial charge on any atom is -0.477 e. The van der Waals surface area contributed by atoms with Crippen LogP contribution >= 0.6 is 0 Å². The topological polar surface area (TPSA) is 70.2 Å². The highest BCUT2D eigenvalue weighted by Crippen LogP contribution is 2.34. The van der Waals surface area contributed by atoms with Crippen molar-refractivity contribution in [1.82, 2.24) is 4.98 Å². The van der Waals surface area contributed by atoms with Crippen LogP contribution in [-0.4, -0.2) is 16.1 Å². The Morgan fingerprint density at radius 1 is 1.29 bits per heavy atom. The zero-order chi connectivity index (χ0) is 12.4. The molecule has 4 heteroatoms. The van der Waals surface area contributed by atoms with Crippen LogP contribution in [0.4, 0.5) is 0 Å². The van der Waals surface area contributed by atoms with Gasteiger partial charge in [0.2, 0.25) is 0 Å². The average molecular weight is 235 g/mol. The van der Waals surface area contributed by atoms with Crippen molar-refractivity contribution in [2.45, 2.75) is 38.5 Å². The lowest BCUT2D eigenvalue weighted by Gasteiger charge is -2.26. The van der Waals surface area contributed by atoms with Gasteiger partial charge in [-0.1, -0.05) is 19.8 Å². The fourth-order valence-corrected chi connectivity index (χ4v) is 2.47. The van der Waals surface area contributed by atoms with Crippen LogP contribution in [0.15, 0.2) is 16.9 Å². The van der Waals surface area contributed by atoms with E-state index in [2.05, 4.69) is 11.9 Å². The number of aromatic amines is 1. The van der Waals surface area contributed by atoms with Gasteiger partial charge in [0.05, 0.1) is 0 Å². The van der Waals surface area contributed by atoms with Gasteiger partial charge < -0.3 is 10.1 Å². The van der Waals surface area contributed by atoms with Crippen LogP contribution in [0.1, 0.15) is 54.6 Å². The second-order valence-electron chi connectivity index (χ2n) is 4.92. The molecule has 2 rings (SSSR count). The first-order chi connectivity index (χ1) is 8.08. The molecule has 2 N–H and O–H groups in total. The van der Waals surface area contributed by atoms with Crippen molar-refractivity contribution < 1.29 is 9.90 Å². The van der Waals surface area contributed by atoms with Crippen LogP contribution in [-0.2, 0) is 0 Å². The highest BCUT2D eigenvalue weighted by Gasteiger charge is 2.21. The third-order valence-electron chi connectivity index (χ3n) is 3.62. The Bertz CT molecular complexity index is 470. The van der Waals surface area contributed by atoms with Crippen LogP contribution in [0.2, 0.25) is 0 Å². The molecular formula is C13H17NO3. The summed E-state index contributed by atoms with van der Waals surface area (Å²) in [6, 6.07) is 3.15. The number of hydrogen-bond donors (Lipinski definition) is 2. The quantitative estimate of drug-likeness (QED) is 0.826. The fraction of sp³-hybridized carbons (Fsp3) is 0.538. The first-order valence-electron chi connectivity index (χ1n) is 6.04. The highest BCUT2D eigenvalue weighted by molar-refractivity contribution is 5.86. The van der Waals surface area contributed by atoms with E-state index >= 15 is 0 Å². The van der Waals surface area contributed by atoms with Gasteiger partial charge in [-0.15, -0.1) is 0 Å². The molecule has 0 atom stereocenters. The SMILES string of the molecule is CC1CCC(c2ccc(C(=O)O)c(=O)[nH]2)CC1. The Morgan fingerprint density at radius 2 is 1.94 bits per heavy atom. The molecule has 1 aliphatic rings. The molecule has 0 spiro atoms. The molecular weight excluding hydrogens is 218 g/mol. The average Bonchev–Trinajstić information content (AvgIpc) is 2.29. The lowest BCUT2D eigenvalue weighted by molar-refractivity contribution is 0.0695. The van der Waals surface area contributed by atoms with Crippen molar-refractivity contribution in [1.29, 1.82) is 0 Å². The molecule has 92 valence electrons. The van der Waals surface area contributed by atoms with Gasteiger partial charge in [0, 0.05) is 5.69 Å². The van der Waals surface area contributed by atoms with Crippen LogP contribution in [0.5, 0.6) is 0 Å². The van der Waals surface area contributed by atoms with Crippen molar-refractivity contribution in [3.8, 4) is 0 Å². The van der Waals surface area contributed by atoms with Gasteiger partial charge in [-0.2, -0.15) is 0 Å². The minimum atomic E-state index is -1.17. The lowest BCUT2D eigenvalue weighted by Crippen LogP contribution is -2.21. The minimum absolute atomic E-state index is 0.182. The summed E-state index contributed by atoms with van der Waals surface area (Å²) in [5, 5.41) is 8.78. The van der Waals surface area contributed by atoms with Crippen LogP contribution in [0.3, 0.4) is 0 Å². The number of carbonyl (C=O) groups is 1. The molecule has 0 aliphatic heterocycles. The van der Waals surface area contributed by atoms with Gasteiger partial charge in [-0.05, 0) is 36.8 Å². The Hall–Kier alpha value is -1.58. The first-order valence-corrected chi connectivity index (χ1v) is 6.04. The molecule has 1 aliphatic carbocycles. The molecule has 1 aromatic rings. The van der Waals surface area contributed by atoms with Crippen molar-refractivity contribution in [3.63, 3.8) is 0 Å². The maximum atomic E-state index is 11.6. The Morgan fingerprint density at radius 3 is 2.47 bits per heavy atom. The van der Waals surface area contributed by atoms with Gasteiger partial charge >= 0.3 is 5.97 Å². The summed E-state index contributed by atoms with van der Waals surface area (Å²) in [4.78, 5) is 25.0. The number of aromatic nitrogens is 1. The third kappa shape index (κ3) is 2.57. The van der Waals surface area contributed by atoms with Gasteiger partial charge in [0.25, 0.3) is 5.56 Å². The number of hydrogen-bond acceptors (Lipinski definition) is 2. The second-order valence-corrected chi connectivity index (χ2v) is 4.92. The zero-order valence-electron chi connectivity index (χ0n) is 9.90. The smallest absolute Gasteiger partial charge is 0.341 e. The van der Waals surface area contributed by atoms with Crippen molar-refractivity contribution in [2.75, 3.05) is 0 Å². The van der Waals surface area contributed by atoms with E-state index < -0.39 is 11.5 Å². The fourth-order valence-electron chi connectivity index (χ4n) is 2.47. The molecule has 0 bridgehead atoms. The number of nitrogens with one attached hydrogen (secondary N) is 1. The zero-order valence-corrected chi connectivity index (χ0v) is 9.90. The van der Waals surface area contributed by atoms with Crippen LogP contribution < -0.4 is 5.56 Å². The van der Waals surface area contributed by atoms with Crippen molar-refractivity contribution in [3.05, 3.63) is 33.7 Å². The molecule has 1 fully saturated rings. The maximum Gasteiger partial charge on any atom is 0.341 e. The lowest BCUT2D eigenvalue weighted by atomic mass is 9.81. The highest BCUT2D eigenvalue weighted by atomic mass is 16.4. The molecule has 0 aromatic carbocycles. The first kappa shape index (κ1) is 11.9. The Balaban J connectivity index is 2.20.